The Hall–Kier alpha value is -2.39. The minimum atomic E-state index is -0.513. The van der Waals surface area contributed by atoms with Crippen LogP contribution in [0.15, 0.2) is 70.0 Å². The van der Waals surface area contributed by atoms with Crippen molar-refractivity contribution in [1.82, 2.24) is 0 Å². The van der Waals surface area contributed by atoms with E-state index in [1.807, 2.05) is 31.2 Å². The lowest BCUT2D eigenvalue weighted by Gasteiger charge is -2.16. The van der Waals surface area contributed by atoms with Crippen LogP contribution in [-0.4, -0.2) is 16.8 Å². The summed E-state index contributed by atoms with van der Waals surface area (Å²) in [6.07, 6.45) is 1.70. The Kier molecular flexibility index (Phi) is 7.93. The number of rotatable bonds is 7. The van der Waals surface area contributed by atoms with Gasteiger partial charge in [0.25, 0.3) is 5.91 Å². The lowest BCUT2D eigenvalue weighted by molar-refractivity contribution is -0.113. The lowest BCUT2D eigenvalue weighted by Crippen LogP contribution is -2.28. The van der Waals surface area contributed by atoms with E-state index < -0.39 is 5.82 Å². The number of thiocarbonyl (C=S) groups is 1. The number of para-hydroxylation sites is 1. The summed E-state index contributed by atoms with van der Waals surface area (Å²) in [6, 6.07) is 17.1. The minimum Gasteiger partial charge on any atom is -0.490 e. The van der Waals surface area contributed by atoms with Gasteiger partial charge in [0.05, 0.1) is 21.7 Å². The molecule has 4 rings (SSSR count). The molecule has 1 heterocycles. The van der Waals surface area contributed by atoms with Crippen molar-refractivity contribution in [3.63, 3.8) is 0 Å². The topological polar surface area (TPSA) is 38.8 Å². The molecule has 1 fully saturated rings. The van der Waals surface area contributed by atoms with Gasteiger partial charge in [0.2, 0.25) is 0 Å². The Morgan fingerprint density at radius 2 is 1.88 bits per heavy atom. The third kappa shape index (κ3) is 5.30. The van der Waals surface area contributed by atoms with Crippen LogP contribution in [0.1, 0.15) is 18.1 Å². The molecule has 9 heteroatoms. The van der Waals surface area contributed by atoms with Crippen LogP contribution in [0.3, 0.4) is 0 Å². The van der Waals surface area contributed by atoms with Crippen molar-refractivity contribution >= 4 is 73.5 Å². The van der Waals surface area contributed by atoms with E-state index in [1.165, 1.54) is 17.0 Å². The summed E-state index contributed by atoms with van der Waals surface area (Å²) in [7, 11) is 0. The number of anilines is 1. The fourth-order valence-electron chi connectivity index (χ4n) is 3.30. The van der Waals surface area contributed by atoms with Gasteiger partial charge < -0.3 is 9.47 Å². The molecule has 4 nitrogen and oxygen atoms in total. The van der Waals surface area contributed by atoms with E-state index in [2.05, 4.69) is 15.9 Å². The molecule has 1 aliphatic heterocycles. The number of carbonyl (C=O) groups excluding carboxylic acids is 1. The smallest absolute Gasteiger partial charge is 0.270 e. The van der Waals surface area contributed by atoms with Crippen molar-refractivity contribution in [2.75, 3.05) is 11.5 Å². The Bertz CT molecular complexity index is 1300. The summed E-state index contributed by atoms with van der Waals surface area (Å²) in [5, 5.41) is 0.616. The van der Waals surface area contributed by atoms with Crippen molar-refractivity contribution < 1.29 is 18.7 Å². The van der Waals surface area contributed by atoms with Gasteiger partial charge in [0.15, 0.2) is 15.8 Å². The first-order chi connectivity index (χ1) is 16.4. The van der Waals surface area contributed by atoms with E-state index >= 15 is 0 Å². The fourth-order valence-corrected chi connectivity index (χ4v) is 5.35. The molecule has 0 N–H and O–H groups in total. The van der Waals surface area contributed by atoms with Gasteiger partial charge >= 0.3 is 0 Å². The first kappa shape index (κ1) is 24.7. The lowest BCUT2D eigenvalue weighted by atomic mass is 10.1. The number of carbonyl (C=O) groups is 1. The third-order valence-electron chi connectivity index (χ3n) is 4.85. The van der Waals surface area contributed by atoms with Crippen LogP contribution in [0, 0.1) is 5.82 Å². The predicted molar refractivity (Wildman–Crippen MR) is 143 cm³/mol. The van der Waals surface area contributed by atoms with Crippen LogP contribution in [0.25, 0.3) is 6.08 Å². The molecule has 3 aromatic carbocycles. The van der Waals surface area contributed by atoms with E-state index in [-0.39, 0.29) is 22.5 Å². The molecule has 0 saturated carbocycles. The molecule has 0 radical (unpaired) electrons. The monoisotopic (exact) mass is 577 g/mol. The molecule has 1 saturated heterocycles. The summed E-state index contributed by atoms with van der Waals surface area (Å²) in [6.45, 7) is 2.56. The molecule has 0 unspecified atom stereocenters. The van der Waals surface area contributed by atoms with Crippen LogP contribution < -0.4 is 14.4 Å². The summed E-state index contributed by atoms with van der Waals surface area (Å²) < 4.78 is 27.0. The summed E-state index contributed by atoms with van der Waals surface area (Å²) in [5.41, 5.74) is 1.68. The maximum atomic E-state index is 14.3. The zero-order chi connectivity index (χ0) is 24.2. The van der Waals surface area contributed by atoms with E-state index in [9.17, 15) is 9.18 Å². The fraction of sp³-hybridized carbons (Fsp3) is 0.120. The van der Waals surface area contributed by atoms with Gasteiger partial charge in [-0.1, -0.05) is 65.9 Å². The third-order valence-corrected chi connectivity index (χ3v) is 7.11. The Morgan fingerprint density at radius 1 is 1.15 bits per heavy atom. The Balaban J connectivity index is 1.62. The van der Waals surface area contributed by atoms with Gasteiger partial charge in [-0.2, -0.15) is 0 Å². The second kappa shape index (κ2) is 10.9. The molecule has 0 spiro atoms. The highest BCUT2D eigenvalue weighted by molar-refractivity contribution is 9.10. The van der Waals surface area contributed by atoms with Gasteiger partial charge in [0.1, 0.15) is 12.4 Å². The number of benzene rings is 3. The van der Waals surface area contributed by atoms with Gasteiger partial charge in [0, 0.05) is 10.6 Å². The summed E-state index contributed by atoms with van der Waals surface area (Å²) in [5.74, 6) is 0.146. The standard InChI is InChI=1S/C25H18BrClFNO3S2/c1-2-31-21-12-15(11-17(26)23(21)32-14-16-7-3-4-8-18(16)27)13-22-24(30)29(25(33)34-22)20-10-6-5-9-19(20)28/h3-13H,2,14H2,1H3/b22-13-. The molecular weight excluding hydrogens is 561 g/mol. The van der Waals surface area contributed by atoms with E-state index in [0.717, 1.165) is 17.3 Å². The van der Waals surface area contributed by atoms with Crippen LogP contribution in [0.5, 0.6) is 11.5 Å². The Morgan fingerprint density at radius 3 is 2.62 bits per heavy atom. The molecule has 0 aromatic heterocycles. The van der Waals surface area contributed by atoms with Crippen LogP contribution >= 0.6 is 51.5 Å². The maximum absolute atomic E-state index is 14.3. The van der Waals surface area contributed by atoms with Crippen molar-refractivity contribution in [3.8, 4) is 11.5 Å². The number of hydrogen-bond donors (Lipinski definition) is 0. The number of ether oxygens (including phenoxy) is 2. The van der Waals surface area contributed by atoms with E-state index in [0.29, 0.717) is 38.1 Å². The minimum absolute atomic E-state index is 0.132. The van der Waals surface area contributed by atoms with Crippen LogP contribution in [-0.2, 0) is 11.4 Å². The highest BCUT2D eigenvalue weighted by Gasteiger charge is 2.34. The highest BCUT2D eigenvalue weighted by Crippen LogP contribution is 2.41. The van der Waals surface area contributed by atoms with Crippen molar-refractivity contribution in [1.29, 1.82) is 0 Å². The average Bonchev–Trinajstić information content (AvgIpc) is 3.07. The summed E-state index contributed by atoms with van der Waals surface area (Å²) >= 11 is 16.3. The maximum Gasteiger partial charge on any atom is 0.270 e. The van der Waals surface area contributed by atoms with Gasteiger partial charge in [-0.15, -0.1) is 0 Å². The Labute approximate surface area is 219 Å². The normalized spacial score (nSPS) is 14.7. The molecule has 34 heavy (non-hydrogen) atoms. The predicted octanol–water partition coefficient (Wildman–Crippen LogP) is 7.63. The number of thioether (sulfide) groups is 1. The summed E-state index contributed by atoms with van der Waals surface area (Å²) in [4.78, 5) is 14.6. The number of amides is 1. The zero-order valence-corrected chi connectivity index (χ0v) is 21.9. The molecule has 1 aliphatic rings. The molecule has 174 valence electrons. The zero-order valence-electron chi connectivity index (χ0n) is 17.9. The van der Waals surface area contributed by atoms with Gasteiger partial charge in [-0.05, 0) is 64.8 Å². The SMILES string of the molecule is CCOc1cc(/C=C2\SC(=S)N(c3ccccc3F)C2=O)cc(Br)c1OCc1ccccc1Cl. The first-order valence-corrected chi connectivity index (χ1v) is 12.6. The second-order valence-electron chi connectivity index (χ2n) is 7.11. The van der Waals surface area contributed by atoms with Crippen LogP contribution in [0.4, 0.5) is 10.1 Å². The van der Waals surface area contributed by atoms with E-state index in [1.54, 1.807) is 30.3 Å². The van der Waals surface area contributed by atoms with Crippen LogP contribution in [0.2, 0.25) is 5.02 Å². The largest absolute Gasteiger partial charge is 0.490 e. The molecule has 1 amide bonds. The van der Waals surface area contributed by atoms with E-state index in [4.69, 9.17) is 33.3 Å². The van der Waals surface area contributed by atoms with Gasteiger partial charge in [-0.3, -0.25) is 9.69 Å². The number of nitrogens with zero attached hydrogens (tertiary/aromatic N) is 1. The van der Waals surface area contributed by atoms with Gasteiger partial charge in [-0.25, -0.2) is 4.39 Å². The number of hydrogen-bond acceptors (Lipinski definition) is 5. The molecule has 3 aromatic rings. The molecule has 0 aliphatic carbocycles. The highest BCUT2D eigenvalue weighted by atomic mass is 79.9. The quantitative estimate of drug-likeness (QED) is 0.213. The number of halogens is 3. The molecular formula is C25H18BrClFNO3S2. The average molecular weight is 579 g/mol. The second-order valence-corrected chi connectivity index (χ2v) is 10.0. The molecule has 0 bridgehead atoms. The molecule has 0 atom stereocenters. The van der Waals surface area contributed by atoms with Crippen molar-refractivity contribution in [2.45, 2.75) is 13.5 Å². The first-order valence-electron chi connectivity index (χ1n) is 10.2. The van der Waals surface area contributed by atoms with Crippen molar-refractivity contribution in [2.24, 2.45) is 0 Å². The van der Waals surface area contributed by atoms with Crippen molar-refractivity contribution in [3.05, 3.63) is 92.0 Å².